The maximum Gasteiger partial charge on any atom is 0.416 e. The molecule has 2 aliphatic rings. The summed E-state index contributed by atoms with van der Waals surface area (Å²) in [6, 6.07) is 2.60. The number of methoxy groups -OCH3 is 1. The minimum Gasteiger partial charge on any atom is -0.453 e. The van der Waals surface area contributed by atoms with Crippen molar-refractivity contribution >= 4 is 22.0 Å². The lowest BCUT2D eigenvalue weighted by atomic mass is 9.97. The van der Waals surface area contributed by atoms with Crippen molar-refractivity contribution in [3.63, 3.8) is 0 Å². The van der Waals surface area contributed by atoms with Gasteiger partial charge in [0.05, 0.1) is 17.6 Å². The molecule has 0 bridgehead atoms. The van der Waals surface area contributed by atoms with Crippen molar-refractivity contribution in [3.05, 3.63) is 29.8 Å². The van der Waals surface area contributed by atoms with Crippen LogP contribution in [0.3, 0.4) is 0 Å². The van der Waals surface area contributed by atoms with Gasteiger partial charge in [-0.25, -0.2) is 13.2 Å². The first kappa shape index (κ1) is 25.3. The maximum absolute atomic E-state index is 13.0. The Morgan fingerprint density at radius 2 is 1.88 bits per heavy atom. The number of alkyl halides is 3. The Kier molecular flexibility index (Phi) is 7.27. The summed E-state index contributed by atoms with van der Waals surface area (Å²) in [5.41, 5.74) is -1.02. The summed E-state index contributed by atoms with van der Waals surface area (Å²) < 4.78 is 70.9. The second kappa shape index (κ2) is 9.49. The van der Waals surface area contributed by atoms with Gasteiger partial charge in [0, 0.05) is 19.1 Å². The van der Waals surface area contributed by atoms with Gasteiger partial charge in [0.1, 0.15) is 6.04 Å². The highest BCUT2D eigenvalue weighted by Gasteiger charge is 2.47. The van der Waals surface area contributed by atoms with Gasteiger partial charge in [0.25, 0.3) is 0 Å². The average Bonchev–Trinajstić information content (AvgIpc) is 3.33. The molecule has 1 aliphatic heterocycles. The molecule has 0 aromatic heterocycles. The van der Waals surface area contributed by atoms with E-state index in [1.54, 1.807) is 13.8 Å². The van der Waals surface area contributed by atoms with Crippen LogP contribution in [0.1, 0.15) is 32.3 Å². The summed E-state index contributed by atoms with van der Waals surface area (Å²) in [4.78, 5) is 24.0. The van der Waals surface area contributed by atoms with Crippen molar-refractivity contribution in [2.75, 3.05) is 20.2 Å². The number of rotatable bonds is 6. The highest BCUT2D eigenvalue weighted by Crippen LogP contribution is 2.41. The molecule has 12 heteroatoms. The van der Waals surface area contributed by atoms with Crippen LogP contribution in [0, 0.1) is 17.8 Å². The molecule has 2 fully saturated rings. The maximum atomic E-state index is 13.0. The van der Waals surface area contributed by atoms with E-state index in [1.807, 2.05) is 0 Å². The third kappa shape index (κ3) is 5.43. The fourth-order valence-electron chi connectivity index (χ4n) is 4.58. The SMILES string of the molecule is COC(=O)N[C@H](C(=O)N[C@@H]1CC[C@H]2CN(S(=O)(=O)c3cccc(C(F)(F)F)c3)C[C@H]21)C(C)C. The van der Waals surface area contributed by atoms with E-state index in [9.17, 15) is 31.2 Å². The molecule has 1 aromatic carbocycles. The van der Waals surface area contributed by atoms with Crippen LogP contribution < -0.4 is 10.6 Å². The number of nitrogens with one attached hydrogen (secondary N) is 2. The Morgan fingerprint density at radius 1 is 1.18 bits per heavy atom. The Hall–Kier alpha value is -2.34. The van der Waals surface area contributed by atoms with Crippen molar-refractivity contribution in [3.8, 4) is 0 Å². The zero-order valence-electron chi connectivity index (χ0n) is 18.6. The van der Waals surface area contributed by atoms with Gasteiger partial charge in [-0.15, -0.1) is 0 Å². The van der Waals surface area contributed by atoms with Crippen LogP contribution in [0.2, 0.25) is 0 Å². The average molecular weight is 492 g/mol. The fourth-order valence-corrected chi connectivity index (χ4v) is 6.16. The molecule has 33 heavy (non-hydrogen) atoms. The molecule has 1 aliphatic carbocycles. The Labute approximate surface area is 190 Å². The van der Waals surface area contributed by atoms with Crippen LogP contribution in [0.15, 0.2) is 29.2 Å². The molecular formula is C21H28F3N3O5S. The second-order valence-electron chi connectivity index (χ2n) is 8.82. The van der Waals surface area contributed by atoms with Gasteiger partial charge in [-0.3, -0.25) is 4.79 Å². The first-order valence-corrected chi connectivity index (χ1v) is 12.1. The third-order valence-corrected chi connectivity index (χ3v) is 8.19. The number of hydrogen-bond donors (Lipinski definition) is 2. The lowest BCUT2D eigenvalue weighted by Gasteiger charge is -2.26. The van der Waals surface area contributed by atoms with E-state index in [0.29, 0.717) is 18.9 Å². The van der Waals surface area contributed by atoms with E-state index >= 15 is 0 Å². The molecule has 0 unspecified atom stereocenters. The summed E-state index contributed by atoms with van der Waals surface area (Å²) in [5.74, 6) is -0.773. The molecular weight excluding hydrogens is 463 g/mol. The van der Waals surface area contributed by atoms with Gasteiger partial charge >= 0.3 is 12.3 Å². The van der Waals surface area contributed by atoms with Crippen LogP contribution in [0.5, 0.6) is 0 Å². The van der Waals surface area contributed by atoms with Gasteiger partial charge in [-0.1, -0.05) is 19.9 Å². The van der Waals surface area contributed by atoms with E-state index in [1.165, 1.54) is 11.4 Å². The van der Waals surface area contributed by atoms with Gasteiger partial charge in [-0.05, 0) is 48.8 Å². The minimum absolute atomic E-state index is 0.0121. The zero-order chi connectivity index (χ0) is 24.6. The summed E-state index contributed by atoms with van der Waals surface area (Å²) in [6.07, 6.45) is -4.04. The van der Waals surface area contributed by atoms with Crippen LogP contribution in [0.25, 0.3) is 0 Å². The molecule has 184 valence electrons. The molecule has 2 amide bonds. The molecule has 8 nitrogen and oxygen atoms in total. The Bertz CT molecular complexity index is 999. The first-order chi connectivity index (χ1) is 15.3. The number of benzene rings is 1. The number of halogens is 3. The molecule has 2 N–H and O–H groups in total. The number of carbonyl (C=O) groups excluding carboxylic acids is 2. The number of carbonyl (C=O) groups is 2. The number of fused-ring (bicyclic) bond motifs is 1. The predicted octanol–water partition coefficient (Wildman–Crippen LogP) is 2.60. The van der Waals surface area contributed by atoms with Crippen LogP contribution in [-0.2, 0) is 25.7 Å². The molecule has 3 rings (SSSR count). The minimum atomic E-state index is -4.65. The smallest absolute Gasteiger partial charge is 0.416 e. The van der Waals surface area contributed by atoms with Crippen LogP contribution in [-0.4, -0.2) is 57.0 Å². The predicted molar refractivity (Wildman–Crippen MR) is 113 cm³/mol. The van der Waals surface area contributed by atoms with Crippen LogP contribution in [0.4, 0.5) is 18.0 Å². The number of amides is 2. The zero-order valence-corrected chi connectivity index (χ0v) is 19.4. The molecule has 1 aromatic rings. The van der Waals surface area contributed by atoms with Crippen molar-refractivity contribution in [1.29, 1.82) is 0 Å². The number of hydrogen-bond acceptors (Lipinski definition) is 5. The summed E-state index contributed by atoms with van der Waals surface area (Å²) >= 11 is 0. The van der Waals surface area contributed by atoms with Crippen molar-refractivity contribution in [2.24, 2.45) is 17.8 Å². The molecule has 1 saturated carbocycles. The largest absolute Gasteiger partial charge is 0.453 e. The second-order valence-corrected chi connectivity index (χ2v) is 10.8. The summed E-state index contributed by atoms with van der Waals surface area (Å²) in [5, 5.41) is 5.42. The first-order valence-electron chi connectivity index (χ1n) is 10.7. The summed E-state index contributed by atoms with van der Waals surface area (Å²) in [6.45, 7) is 3.84. The number of nitrogens with zero attached hydrogens (tertiary/aromatic N) is 1. The van der Waals surface area contributed by atoms with Crippen LogP contribution >= 0.6 is 0 Å². The lowest BCUT2D eigenvalue weighted by molar-refractivity contribution is -0.137. The number of sulfonamides is 1. The quantitative estimate of drug-likeness (QED) is 0.637. The van der Waals surface area contributed by atoms with E-state index in [2.05, 4.69) is 15.4 Å². The lowest BCUT2D eigenvalue weighted by Crippen LogP contribution is -2.53. The number of ether oxygens (including phenoxy) is 1. The monoisotopic (exact) mass is 491 g/mol. The fraction of sp³-hybridized carbons (Fsp3) is 0.619. The molecule has 1 heterocycles. The van der Waals surface area contributed by atoms with E-state index < -0.39 is 38.8 Å². The summed E-state index contributed by atoms with van der Waals surface area (Å²) in [7, 11) is -2.92. The van der Waals surface area contributed by atoms with E-state index in [-0.39, 0.29) is 42.8 Å². The Balaban J connectivity index is 1.71. The third-order valence-electron chi connectivity index (χ3n) is 6.36. The van der Waals surface area contributed by atoms with Gasteiger partial charge in [0.2, 0.25) is 15.9 Å². The molecule has 0 radical (unpaired) electrons. The van der Waals surface area contributed by atoms with Crippen molar-refractivity contribution in [2.45, 2.75) is 49.8 Å². The normalized spacial score (nSPS) is 24.4. The topological polar surface area (TPSA) is 105 Å². The van der Waals surface area contributed by atoms with Gasteiger partial charge < -0.3 is 15.4 Å². The Morgan fingerprint density at radius 3 is 2.48 bits per heavy atom. The van der Waals surface area contributed by atoms with Gasteiger partial charge in [-0.2, -0.15) is 17.5 Å². The molecule has 4 atom stereocenters. The molecule has 0 spiro atoms. The van der Waals surface area contributed by atoms with E-state index in [4.69, 9.17) is 0 Å². The highest BCUT2D eigenvalue weighted by molar-refractivity contribution is 7.89. The van der Waals surface area contributed by atoms with Crippen molar-refractivity contribution < 1.29 is 35.9 Å². The highest BCUT2D eigenvalue weighted by atomic mass is 32.2. The van der Waals surface area contributed by atoms with Crippen molar-refractivity contribution in [1.82, 2.24) is 14.9 Å². The van der Waals surface area contributed by atoms with Gasteiger partial charge in [0.15, 0.2) is 0 Å². The van der Waals surface area contributed by atoms with E-state index in [0.717, 1.165) is 18.2 Å². The number of alkyl carbamates (subject to hydrolysis) is 1. The molecule has 1 saturated heterocycles. The standard InChI is InChI=1S/C21H28F3N3O5S/c1-12(2)18(26-20(29)32-3)19(28)25-17-8-7-13-10-27(11-16(13)17)33(30,31)15-6-4-5-14(9-15)21(22,23)24/h4-6,9,12-13,16-18H,7-8,10-11H2,1-3H3,(H,25,28)(H,26,29)/t13-,16+,17+,18-/m0/s1.